The van der Waals surface area contributed by atoms with E-state index in [1.807, 2.05) is 18.3 Å². The minimum atomic E-state index is 0.866. The third-order valence-corrected chi connectivity index (χ3v) is 2.67. The van der Waals surface area contributed by atoms with Gasteiger partial charge in [0.1, 0.15) is 0 Å². The molecular weight excluding hydrogens is 202 g/mol. The molecule has 0 bridgehead atoms. The van der Waals surface area contributed by atoms with Crippen LogP contribution in [0.15, 0.2) is 42.6 Å². The molecule has 1 nitrogen and oxygen atoms in total. The second kappa shape index (κ2) is 4.41. The first-order valence-electron chi connectivity index (χ1n) is 5.07. The summed E-state index contributed by atoms with van der Waals surface area (Å²) in [5.41, 5.74) is 3.62. The molecule has 0 fully saturated rings. The third kappa shape index (κ3) is 2.34. The molecule has 2 aromatic rings. The molecule has 1 aromatic carbocycles. The summed E-state index contributed by atoms with van der Waals surface area (Å²) in [7, 11) is 0. The first kappa shape index (κ1) is 10.1. The molecule has 2 heteroatoms. The van der Waals surface area contributed by atoms with Gasteiger partial charge in [-0.2, -0.15) is 0 Å². The average Bonchev–Trinajstić information content (AvgIpc) is 2.29. The van der Waals surface area contributed by atoms with Gasteiger partial charge in [-0.15, -0.1) is 0 Å². The molecule has 0 spiro atoms. The SMILES string of the molecule is CCc1cccc(-c2cc(=S)cc[nH]2)c1. The van der Waals surface area contributed by atoms with Crippen LogP contribution in [0, 0.1) is 4.51 Å². The number of hydrogen-bond acceptors (Lipinski definition) is 1. The van der Waals surface area contributed by atoms with Gasteiger partial charge in [0.05, 0.1) is 0 Å². The highest BCUT2D eigenvalue weighted by molar-refractivity contribution is 7.71. The largest absolute Gasteiger partial charge is 0.361 e. The quantitative estimate of drug-likeness (QED) is 0.749. The van der Waals surface area contributed by atoms with Crippen LogP contribution in [0.4, 0.5) is 0 Å². The molecule has 2 rings (SSSR count). The zero-order valence-corrected chi connectivity index (χ0v) is 9.47. The van der Waals surface area contributed by atoms with Crippen molar-refractivity contribution in [1.82, 2.24) is 4.98 Å². The molecule has 0 saturated carbocycles. The normalized spacial score (nSPS) is 10.2. The standard InChI is InChI=1S/C13H13NS/c1-2-10-4-3-5-11(8-10)13-9-12(15)6-7-14-13/h3-9H,2H2,1H3,(H,14,15). The summed E-state index contributed by atoms with van der Waals surface area (Å²) in [6.45, 7) is 2.16. The Labute approximate surface area is 94.8 Å². The van der Waals surface area contributed by atoms with Gasteiger partial charge < -0.3 is 4.98 Å². The lowest BCUT2D eigenvalue weighted by Gasteiger charge is -2.03. The number of aryl methyl sites for hydroxylation is 1. The van der Waals surface area contributed by atoms with Crippen molar-refractivity contribution < 1.29 is 0 Å². The maximum atomic E-state index is 5.14. The minimum Gasteiger partial charge on any atom is -0.361 e. The van der Waals surface area contributed by atoms with Crippen LogP contribution < -0.4 is 0 Å². The summed E-state index contributed by atoms with van der Waals surface area (Å²) in [5, 5.41) is 0. The second-order valence-electron chi connectivity index (χ2n) is 3.49. The van der Waals surface area contributed by atoms with Crippen molar-refractivity contribution in [3.8, 4) is 11.3 Å². The highest BCUT2D eigenvalue weighted by Gasteiger charge is 1.97. The number of benzene rings is 1. The highest BCUT2D eigenvalue weighted by Crippen LogP contribution is 2.18. The topological polar surface area (TPSA) is 15.8 Å². The van der Waals surface area contributed by atoms with Crippen LogP contribution in [0.25, 0.3) is 11.3 Å². The average molecular weight is 215 g/mol. The van der Waals surface area contributed by atoms with Crippen molar-refractivity contribution in [3.05, 3.63) is 52.7 Å². The molecular formula is C13H13NS. The Hall–Kier alpha value is -1.41. The molecule has 0 saturated heterocycles. The van der Waals surface area contributed by atoms with E-state index in [9.17, 15) is 0 Å². The maximum absolute atomic E-state index is 5.14. The summed E-state index contributed by atoms with van der Waals surface area (Å²) >= 11 is 5.14. The van der Waals surface area contributed by atoms with E-state index in [0.717, 1.165) is 16.6 Å². The fourth-order valence-electron chi connectivity index (χ4n) is 1.57. The van der Waals surface area contributed by atoms with Crippen molar-refractivity contribution in [2.24, 2.45) is 0 Å². The van der Waals surface area contributed by atoms with E-state index in [-0.39, 0.29) is 0 Å². The van der Waals surface area contributed by atoms with Gasteiger partial charge >= 0.3 is 0 Å². The lowest BCUT2D eigenvalue weighted by Crippen LogP contribution is -1.85. The number of pyridine rings is 1. The molecule has 0 aliphatic rings. The van der Waals surface area contributed by atoms with Crippen LogP contribution in [-0.4, -0.2) is 4.98 Å². The molecule has 0 radical (unpaired) electrons. The van der Waals surface area contributed by atoms with Crippen molar-refractivity contribution in [2.45, 2.75) is 13.3 Å². The van der Waals surface area contributed by atoms with E-state index < -0.39 is 0 Å². The lowest BCUT2D eigenvalue weighted by atomic mass is 10.1. The Bertz CT molecular complexity index is 514. The Morgan fingerprint density at radius 3 is 2.80 bits per heavy atom. The number of rotatable bonds is 2. The van der Waals surface area contributed by atoms with Crippen LogP contribution in [0.5, 0.6) is 0 Å². The van der Waals surface area contributed by atoms with Gasteiger partial charge in [0.25, 0.3) is 0 Å². The van der Waals surface area contributed by atoms with Gasteiger partial charge in [-0.25, -0.2) is 0 Å². The van der Waals surface area contributed by atoms with Crippen LogP contribution in [-0.2, 0) is 6.42 Å². The van der Waals surface area contributed by atoms with E-state index in [0.29, 0.717) is 0 Å². The maximum Gasteiger partial charge on any atom is 0.0467 e. The molecule has 0 atom stereocenters. The van der Waals surface area contributed by atoms with Crippen molar-refractivity contribution >= 4 is 12.2 Å². The summed E-state index contributed by atoms with van der Waals surface area (Å²) < 4.78 is 0.866. The van der Waals surface area contributed by atoms with Crippen LogP contribution in [0.2, 0.25) is 0 Å². The predicted octanol–water partition coefficient (Wildman–Crippen LogP) is 3.97. The molecule has 1 N–H and O–H groups in total. The van der Waals surface area contributed by atoms with Crippen LogP contribution in [0.3, 0.4) is 0 Å². The Balaban J connectivity index is 2.49. The predicted molar refractivity (Wildman–Crippen MR) is 66.4 cm³/mol. The summed E-state index contributed by atoms with van der Waals surface area (Å²) in [6, 6.07) is 12.4. The van der Waals surface area contributed by atoms with E-state index >= 15 is 0 Å². The van der Waals surface area contributed by atoms with E-state index in [1.54, 1.807) is 0 Å². The molecule has 0 aliphatic carbocycles. The highest BCUT2D eigenvalue weighted by atomic mass is 32.1. The number of aromatic nitrogens is 1. The first-order valence-corrected chi connectivity index (χ1v) is 5.48. The molecule has 0 aliphatic heterocycles. The van der Waals surface area contributed by atoms with Gasteiger partial charge in [0.2, 0.25) is 0 Å². The fraction of sp³-hybridized carbons (Fsp3) is 0.154. The van der Waals surface area contributed by atoms with E-state index in [2.05, 4.69) is 36.2 Å². The Morgan fingerprint density at radius 1 is 1.20 bits per heavy atom. The van der Waals surface area contributed by atoms with Gasteiger partial charge in [-0.3, -0.25) is 0 Å². The fourth-order valence-corrected chi connectivity index (χ4v) is 1.76. The lowest BCUT2D eigenvalue weighted by molar-refractivity contribution is 1.14. The minimum absolute atomic E-state index is 0.866. The third-order valence-electron chi connectivity index (χ3n) is 2.42. The Morgan fingerprint density at radius 2 is 2.07 bits per heavy atom. The number of nitrogens with one attached hydrogen (secondary N) is 1. The van der Waals surface area contributed by atoms with Gasteiger partial charge in [0.15, 0.2) is 0 Å². The number of H-pyrrole nitrogens is 1. The summed E-state index contributed by atoms with van der Waals surface area (Å²) in [6.07, 6.45) is 2.94. The monoisotopic (exact) mass is 215 g/mol. The zero-order chi connectivity index (χ0) is 10.7. The zero-order valence-electron chi connectivity index (χ0n) is 8.66. The van der Waals surface area contributed by atoms with E-state index in [4.69, 9.17) is 12.2 Å². The van der Waals surface area contributed by atoms with Crippen LogP contribution in [0.1, 0.15) is 12.5 Å². The molecule has 15 heavy (non-hydrogen) atoms. The van der Waals surface area contributed by atoms with Gasteiger partial charge in [-0.05, 0) is 35.7 Å². The van der Waals surface area contributed by atoms with E-state index in [1.165, 1.54) is 11.1 Å². The smallest absolute Gasteiger partial charge is 0.0467 e. The summed E-state index contributed by atoms with van der Waals surface area (Å²) in [4.78, 5) is 3.21. The molecule has 1 aromatic heterocycles. The van der Waals surface area contributed by atoms with Crippen molar-refractivity contribution in [3.63, 3.8) is 0 Å². The summed E-state index contributed by atoms with van der Waals surface area (Å²) in [5.74, 6) is 0. The van der Waals surface area contributed by atoms with Gasteiger partial charge in [-0.1, -0.05) is 37.3 Å². The molecule has 0 unspecified atom stereocenters. The van der Waals surface area contributed by atoms with Crippen molar-refractivity contribution in [2.75, 3.05) is 0 Å². The van der Waals surface area contributed by atoms with Gasteiger partial charge in [0, 0.05) is 16.4 Å². The first-order chi connectivity index (χ1) is 7.29. The van der Waals surface area contributed by atoms with Crippen LogP contribution >= 0.6 is 12.2 Å². The molecule has 76 valence electrons. The van der Waals surface area contributed by atoms with Crippen molar-refractivity contribution in [1.29, 1.82) is 0 Å². The molecule has 1 heterocycles. The molecule has 0 amide bonds. The second-order valence-corrected chi connectivity index (χ2v) is 3.96. The number of hydrogen-bond donors (Lipinski definition) is 1. The Kier molecular flexibility index (Phi) is 2.97. The number of aromatic amines is 1.